The Balaban J connectivity index is 0.000000215. The molecule has 19 nitrogen and oxygen atoms in total. The van der Waals surface area contributed by atoms with Gasteiger partial charge in [-0.2, -0.15) is 25.4 Å². The van der Waals surface area contributed by atoms with Gasteiger partial charge in [-0.05, 0) is 113 Å². The zero-order chi connectivity index (χ0) is 50.9. The molecule has 7 heterocycles. The Kier molecular flexibility index (Phi) is 22.1. The summed E-state index contributed by atoms with van der Waals surface area (Å²) in [4.78, 5) is 49.6. The molecule has 0 aliphatic carbocycles. The minimum atomic E-state index is -0.157. The summed E-state index contributed by atoms with van der Waals surface area (Å²) in [7, 11) is 4.96. The maximum absolute atomic E-state index is 12.7. The van der Waals surface area contributed by atoms with Gasteiger partial charge < -0.3 is 25.7 Å². The van der Waals surface area contributed by atoms with Gasteiger partial charge in [0.15, 0.2) is 11.6 Å². The van der Waals surface area contributed by atoms with Gasteiger partial charge in [-0.25, -0.2) is 14.8 Å². The monoisotopic (exact) mass is 1170 g/mol. The van der Waals surface area contributed by atoms with Gasteiger partial charge in [0.25, 0.3) is 0 Å². The lowest BCUT2D eigenvalue weighted by molar-refractivity contribution is -0.117. The molecule has 4 N–H and O–H groups in total. The summed E-state index contributed by atoms with van der Waals surface area (Å²) in [5.74, 6) is 0.835. The van der Waals surface area contributed by atoms with Crippen LogP contribution in [0.5, 0.6) is 0 Å². The zero-order valence-corrected chi connectivity index (χ0v) is 45.2. The van der Waals surface area contributed by atoms with E-state index in [9.17, 15) is 9.59 Å². The number of nitrogen functional groups attached to an aromatic ring is 2. The normalized spacial score (nSPS) is 11.9. The number of pyridine rings is 5. The van der Waals surface area contributed by atoms with Crippen molar-refractivity contribution in [3.8, 4) is 11.6 Å². The number of aromatic nitrogens is 11. The molecule has 7 aromatic rings. The molecule has 0 amide bonds. The predicted octanol–water partition coefficient (Wildman–Crippen LogP) is 10.0. The molecule has 0 fully saturated rings. The van der Waals surface area contributed by atoms with Crippen LogP contribution in [0.4, 0.5) is 17.1 Å². The van der Waals surface area contributed by atoms with Crippen LogP contribution in [0.25, 0.3) is 11.6 Å². The SMILES string of the molecule is COC(C)c1c(Br)cnc(C)c1N.COC(C)c1c(CC(=O)Cc2cnc(-n3nccn3)c(Cl)c2)cnc(C)c1Br.COC(C)c1c(N)cnc(C)c1Br.O=C=Nc1cnc(-n2nccn2)c(Cl)c1. The van der Waals surface area contributed by atoms with Crippen LogP contribution in [-0.4, -0.2) is 88.1 Å². The number of nitrogens with two attached hydrogens (primary N) is 2. The van der Waals surface area contributed by atoms with Crippen LogP contribution in [0.1, 0.15) is 84.0 Å². The molecule has 0 spiro atoms. The molecular weight excluding hydrogens is 1130 g/mol. The van der Waals surface area contributed by atoms with Crippen LogP contribution < -0.4 is 11.5 Å². The molecule has 0 aromatic carbocycles. The minimum absolute atomic E-state index is 0.0175. The van der Waals surface area contributed by atoms with Crippen LogP contribution in [-0.2, 0) is 36.6 Å². The third-order valence-corrected chi connectivity index (χ3v) is 13.2. The van der Waals surface area contributed by atoms with E-state index in [4.69, 9.17) is 48.9 Å². The molecule has 364 valence electrons. The summed E-state index contributed by atoms with van der Waals surface area (Å²) in [6, 6.07) is 3.20. The number of ketones is 1. The average molecular weight is 1180 g/mol. The number of carbonyl (C=O) groups excluding carboxylic acids is 2. The van der Waals surface area contributed by atoms with Gasteiger partial charge in [0, 0.05) is 82.9 Å². The summed E-state index contributed by atoms with van der Waals surface area (Å²) in [6.07, 6.45) is 15.9. The van der Waals surface area contributed by atoms with Gasteiger partial charge in [-0.15, -0.1) is 9.59 Å². The summed E-state index contributed by atoms with van der Waals surface area (Å²) in [5, 5.41) is 16.5. The number of nitrogens with zero attached hydrogens (tertiary/aromatic N) is 12. The van der Waals surface area contributed by atoms with Crippen molar-refractivity contribution in [1.29, 1.82) is 0 Å². The first-order valence-corrected chi connectivity index (χ1v) is 23.7. The highest BCUT2D eigenvalue weighted by Crippen LogP contribution is 2.34. The highest BCUT2D eigenvalue weighted by atomic mass is 79.9. The molecule has 0 bridgehead atoms. The number of halogens is 5. The number of carbonyl (C=O) groups is 1. The third-order valence-electron chi connectivity index (χ3n) is 10.0. The second kappa shape index (κ2) is 27.1. The Morgan fingerprint density at radius 2 is 1.14 bits per heavy atom. The number of isocyanates is 1. The van der Waals surface area contributed by atoms with Crippen LogP contribution in [0.3, 0.4) is 0 Å². The summed E-state index contributed by atoms with van der Waals surface area (Å²) in [5.41, 5.74) is 20.4. The zero-order valence-electron chi connectivity index (χ0n) is 38.9. The number of aryl methyl sites for hydroxylation is 3. The molecule has 7 aromatic heterocycles. The quantitative estimate of drug-likeness (QED) is 0.0804. The van der Waals surface area contributed by atoms with Crippen LogP contribution >= 0.6 is 71.0 Å². The summed E-state index contributed by atoms with van der Waals surface area (Å²) >= 11 is 22.6. The van der Waals surface area contributed by atoms with Gasteiger partial charge in [-0.1, -0.05) is 23.2 Å². The van der Waals surface area contributed by atoms with Crippen molar-refractivity contribution in [2.45, 2.75) is 72.7 Å². The van der Waals surface area contributed by atoms with Gasteiger partial charge in [-0.3, -0.25) is 19.7 Å². The first-order valence-electron chi connectivity index (χ1n) is 20.5. The van der Waals surface area contributed by atoms with Gasteiger partial charge in [0.2, 0.25) is 6.08 Å². The van der Waals surface area contributed by atoms with E-state index in [-0.39, 0.29) is 36.9 Å². The van der Waals surface area contributed by atoms with Crippen molar-refractivity contribution < 1.29 is 23.8 Å². The predicted molar refractivity (Wildman–Crippen MR) is 274 cm³/mol. The van der Waals surface area contributed by atoms with Crippen molar-refractivity contribution in [3.05, 3.63) is 136 Å². The number of Topliss-reactive ketones (excluding diaryl/α,β-unsaturated/α-hetero) is 1. The highest BCUT2D eigenvalue weighted by Gasteiger charge is 2.20. The summed E-state index contributed by atoms with van der Waals surface area (Å²) < 4.78 is 18.6. The molecule has 0 aliphatic heterocycles. The maximum atomic E-state index is 12.7. The molecule has 24 heteroatoms. The third kappa shape index (κ3) is 15.3. The number of rotatable bonds is 13. The van der Waals surface area contributed by atoms with Crippen molar-refractivity contribution in [3.63, 3.8) is 0 Å². The number of anilines is 2. The molecule has 69 heavy (non-hydrogen) atoms. The fourth-order valence-electron chi connectivity index (χ4n) is 6.18. The Morgan fingerprint density at radius 3 is 1.67 bits per heavy atom. The lowest BCUT2D eigenvalue weighted by Gasteiger charge is -2.18. The Bertz CT molecular complexity index is 2810. The van der Waals surface area contributed by atoms with Gasteiger partial charge in [0.1, 0.15) is 5.78 Å². The van der Waals surface area contributed by atoms with Gasteiger partial charge in [0.05, 0.1) is 99.7 Å². The standard InChI is InChI=1S/C19H19BrClN5O2.2C9H13BrN2O.C8H4ClN5O/c1-11-18(20)17(12(2)28-3)14(10-22-11)8-15(27)6-13-7-16(21)19(23-9-13)26-24-4-5-25-26;1-5-9(10)8(6(2)13-3)7(11)4-12-5;1-5-9(11)8(6(2)13-3)7(10)4-12-5;9-7-3-6(11-5-15)4-10-8(7)14-12-1-2-13-14/h4-5,7,9-10,12H,6,8H2,1-3H3;2*4,6H,11H2,1-3H3;1-4H. The molecule has 0 saturated carbocycles. The lowest BCUT2D eigenvalue weighted by Crippen LogP contribution is -2.12. The van der Waals surface area contributed by atoms with Crippen LogP contribution in [0.15, 0.2) is 86.3 Å². The Hall–Kier alpha value is -5.42. The summed E-state index contributed by atoms with van der Waals surface area (Å²) in [6.45, 7) is 11.6. The number of hydrogen-bond acceptors (Lipinski definition) is 17. The van der Waals surface area contributed by atoms with Crippen molar-refractivity contribution in [2.75, 3.05) is 32.8 Å². The molecule has 0 aliphatic rings. The fraction of sp³-hybridized carbons (Fsp3) is 0.311. The molecule has 0 radical (unpaired) electrons. The number of methoxy groups -OCH3 is 3. The fourth-order valence-corrected chi connectivity index (χ4v) is 8.65. The Labute approximate surface area is 434 Å². The molecule has 3 atom stereocenters. The van der Waals surface area contributed by atoms with Crippen molar-refractivity contribution >= 4 is 99.9 Å². The second-order valence-electron chi connectivity index (χ2n) is 14.7. The minimum Gasteiger partial charge on any atom is -0.397 e. The first-order chi connectivity index (χ1) is 32.9. The molecular formula is C45H49Br3Cl2N14O5. The van der Waals surface area contributed by atoms with E-state index < -0.39 is 0 Å². The number of aliphatic imine (C=N–C) groups is 1. The topological polar surface area (TPSA) is 252 Å². The van der Waals surface area contributed by atoms with Crippen LogP contribution in [0, 0.1) is 20.8 Å². The highest BCUT2D eigenvalue weighted by molar-refractivity contribution is 9.11. The molecule has 3 unspecified atom stereocenters. The van der Waals surface area contributed by atoms with E-state index in [2.05, 4.69) is 98.1 Å². The van der Waals surface area contributed by atoms with E-state index in [0.717, 1.165) is 58.3 Å². The average Bonchev–Trinajstić information content (AvgIpc) is 4.07. The van der Waals surface area contributed by atoms with Crippen molar-refractivity contribution in [1.82, 2.24) is 54.9 Å². The number of hydrogen-bond donors (Lipinski definition) is 2. The van der Waals surface area contributed by atoms with Crippen LogP contribution in [0.2, 0.25) is 10.0 Å². The second-order valence-corrected chi connectivity index (χ2v) is 17.9. The molecule has 0 saturated heterocycles. The Morgan fingerprint density at radius 1 is 0.667 bits per heavy atom. The smallest absolute Gasteiger partial charge is 0.240 e. The van der Waals surface area contributed by atoms with E-state index >= 15 is 0 Å². The van der Waals surface area contributed by atoms with Crippen molar-refractivity contribution in [2.24, 2.45) is 4.99 Å². The molecule has 7 rings (SSSR count). The lowest BCUT2D eigenvalue weighted by atomic mass is 9.98. The first kappa shape index (κ1) is 56.2. The van der Waals surface area contributed by atoms with E-state index in [1.54, 1.807) is 64.6 Å². The van der Waals surface area contributed by atoms with E-state index in [1.807, 2.05) is 41.5 Å². The number of ether oxygens (including phenoxy) is 3. The largest absolute Gasteiger partial charge is 0.397 e. The van der Waals surface area contributed by atoms with E-state index in [1.165, 1.54) is 40.3 Å². The maximum Gasteiger partial charge on any atom is 0.240 e. The van der Waals surface area contributed by atoms with E-state index in [0.29, 0.717) is 38.7 Å². The van der Waals surface area contributed by atoms with Gasteiger partial charge >= 0.3 is 0 Å².